The Morgan fingerprint density at radius 2 is 1.46 bits per heavy atom. The molecule has 5 fully saturated rings. The first kappa shape index (κ1) is 40.5. The molecular formula is C39H65N5O7S. The summed E-state index contributed by atoms with van der Waals surface area (Å²) in [6, 6.07) is -3.33. The van der Waals surface area contributed by atoms with Gasteiger partial charge in [0, 0.05) is 12.6 Å². The second kappa shape index (κ2) is 15.2. The predicted octanol–water partition coefficient (Wildman–Crippen LogP) is 4.55. The molecule has 0 aromatic carbocycles. The van der Waals surface area contributed by atoms with Gasteiger partial charge in [-0.25, -0.2) is 13.2 Å². The van der Waals surface area contributed by atoms with E-state index in [0.29, 0.717) is 32.2 Å². The van der Waals surface area contributed by atoms with Gasteiger partial charge >= 0.3 is 6.03 Å². The fraction of sp³-hybridized carbons (Fsp3) is 0.872. The van der Waals surface area contributed by atoms with E-state index in [1.807, 2.05) is 13.8 Å². The van der Waals surface area contributed by atoms with Gasteiger partial charge in [0.25, 0.3) is 5.91 Å². The fourth-order valence-corrected chi connectivity index (χ4v) is 10.8. The Hall–Kier alpha value is -2.70. The zero-order valence-corrected chi connectivity index (χ0v) is 33.5. The SMILES string of the molecule is CCCC[C@H](NC(=O)[C@@H]1[C@@H]2[C@H](CN1C(=O)[C@@H](NC(=O)NC1(CS(=O)(=O)C(C)(C)C)CCCCC1)C1(C)CCCCC1)C2(C)C)C(=O)C(=O)NC1CC1. The monoisotopic (exact) mass is 747 g/mol. The summed E-state index contributed by atoms with van der Waals surface area (Å²) >= 11 is 0. The minimum atomic E-state index is -3.56. The highest BCUT2D eigenvalue weighted by Crippen LogP contribution is 2.65. The van der Waals surface area contributed by atoms with Crippen molar-refractivity contribution in [2.24, 2.45) is 22.7 Å². The Morgan fingerprint density at radius 1 is 0.865 bits per heavy atom. The molecule has 0 aromatic rings. The standard InChI is InChI=1S/C39H65N5O7S/c1-8-9-16-27(30(45)33(47)40-25-17-18-25)41-32(46)29-28-26(37(28,5)6)23-44(29)34(48)31(38(7)19-12-10-13-20-38)42-35(49)43-39(21-14-11-15-22-39)24-52(50,51)36(2,3)4/h25-29,31H,8-24H2,1-7H3,(H,40,47)(H,41,46)(H2,42,43,49)/t26-,27-,28-,29-,31+/m0/s1. The number of nitrogens with zero attached hydrogens (tertiary/aromatic N) is 1. The minimum Gasteiger partial charge on any atom is -0.347 e. The number of unbranched alkanes of at least 4 members (excludes halogenated alkanes) is 1. The summed E-state index contributed by atoms with van der Waals surface area (Å²) < 4.78 is 25.9. The van der Waals surface area contributed by atoms with Gasteiger partial charge in [0.05, 0.1) is 22.1 Å². The van der Waals surface area contributed by atoms with Crippen LogP contribution in [0.2, 0.25) is 0 Å². The highest BCUT2D eigenvalue weighted by atomic mass is 32.2. The quantitative estimate of drug-likeness (QED) is 0.189. The maximum absolute atomic E-state index is 14.9. The number of carbonyl (C=O) groups is 5. The molecule has 0 aromatic heterocycles. The summed E-state index contributed by atoms with van der Waals surface area (Å²) in [4.78, 5) is 71.0. The van der Waals surface area contributed by atoms with Gasteiger partial charge in [0.1, 0.15) is 12.1 Å². The van der Waals surface area contributed by atoms with Gasteiger partial charge in [0.2, 0.25) is 17.6 Å². The number of hydrogen-bond acceptors (Lipinski definition) is 7. The number of sulfone groups is 1. The average Bonchev–Trinajstić information content (AvgIpc) is 3.92. The van der Waals surface area contributed by atoms with Gasteiger partial charge in [-0.2, -0.15) is 0 Å². The van der Waals surface area contributed by atoms with Gasteiger partial charge in [-0.05, 0) is 88.4 Å². The van der Waals surface area contributed by atoms with Crippen LogP contribution in [0.1, 0.15) is 145 Å². The van der Waals surface area contributed by atoms with Crippen molar-refractivity contribution in [2.75, 3.05) is 12.3 Å². The maximum Gasteiger partial charge on any atom is 0.315 e. The van der Waals surface area contributed by atoms with E-state index in [-0.39, 0.29) is 35.0 Å². The lowest BCUT2D eigenvalue weighted by molar-refractivity contribution is -0.146. The number of urea groups is 1. The number of nitrogens with one attached hydrogen (secondary N) is 4. The lowest BCUT2D eigenvalue weighted by Gasteiger charge is -2.44. The van der Waals surface area contributed by atoms with E-state index in [0.717, 1.165) is 70.6 Å². The van der Waals surface area contributed by atoms with Crippen LogP contribution in [0, 0.1) is 22.7 Å². The van der Waals surface area contributed by atoms with Crippen LogP contribution in [0.3, 0.4) is 0 Å². The van der Waals surface area contributed by atoms with Crippen molar-refractivity contribution in [3.05, 3.63) is 0 Å². The maximum atomic E-state index is 14.9. The molecule has 13 heteroatoms. The largest absolute Gasteiger partial charge is 0.347 e. The van der Waals surface area contributed by atoms with Crippen LogP contribution in [-0.4, -0.2) is 89.6 Å². The van der Waals surface area contributed by atoms with Crippen LogP contribution < -0.4 is 21.3 Å². The summed E-state index contributed by atoms with van der Waals surface area (Å²) in [5, 5.41) is 11.8. The molecule has 52 heavy (non-hydrogen) atoms. The number of fused-ring (bicyclic) bond motifs is 1. The van der Waals surface area contributed by atoms with Crippen LogP contribution in [-0.2, 0) is 29.0 Å². The van der Waals surface area contributed by atoms with Crippen molar-refractivity contribution in [1.82, 2.24) is 26.2 Å². The molecule has 294 valence electrons. The molecule has 1 saturated heterocycles. The van der Waals surface area contributed by atoms with E-state index in [9.17, 15) is 32.4 Å². The third-order valence-corrected chi connectivity index (χ3v) is 16.0. The molecule has 0 bridgehead atoms. The number of Topliss-reactive ketones (excluding diaryl/α,β-unsaturated/α-hetero) is 1. The summed E-state index contributed by atoms with van der Waals surface area (Å²) in [7, 11) is -3.56. The molecular weight excluding hydrogens is 683 g/mol. The molecule has 1 heterocycles. The van der Waals surface area contributed by atoms with E-state index < -0.39 is 67.3 Å². The van der Waals surface area contributed by atoms with Gasteiger partial charge in [-0.15, -0.1) is 0 Å². The van der Waals surface area contributed by atoms with E-state index in [1.54, 1.807) is 25.7 Å². The Bertz CT molecular complexity index is 1490. The molecule has 1 aliphatic heterocycles. The number of rotatable bonds is 14. The smallest absolute Gasteiger partial charge is 0.315 e. The second-order valence-corrected chi connectivity index (χ2v) is 21.4. The Balaban J connectivity index is 1.39. The lowest BCUT2D eigenvalue weighted by Crippen LogP contribution is -2.65. The molecule has 5 aliphatic rings. The van der Waals surface area contributed by atoms with Crippen molar-refractivity contribution in [2.45, 2.75) is 179 Å². The predicted molar refractivity (Wildman–Crippen MR) is 200 cm³/mol. The Labute approximate surface area is 311 Å². The number of piperidine rings is 1. The van der Waals surface area contributed by atoms with Crippen LogP contribution in [0.4, 0.5) is 4.79 Å². The van der Waals surface area contributed by atoms with Crippen molar-refractivity contribution < 1.29 is 32.4 Å². The first-order chi connectivity index (χ1) is 24.3. The van der Waals surface area contributed by atoms with Crippen molar-refractivity contribution in [3.8, 4) is 0 Å². The summed E-state index contributed by atoms with van der Waals surface area (Å²) in [6.07, 6.45) is 11.4. The van der Waals surface area contributed by atoms with Crippen LogP contribution in [0.5, 0.6) is 0 Å². The normalized spacial score (nSPS) is 27.4. The zero-order chi connectivity index (χ0) is 38.3. The summed E-state index contributed by atoms with van der Waals surface area (Å²) in [5.74, 6) is -2.32. The molecule has 5 amide bonds. The molecule has 0 unspecified atom stereocenters. The number of carbonyl (C=O) groups excluding carboxylic acids is 5. The van der Waals surface area contributed by atoms with Crippen molar-refractivity contribution >= 4 is 39.4 Å². The lowest BCUT2D eigenvalue weighted by atomic mass is 9.70. The molecule has 12 nitrogen and oxygen atoms in total. The molecule has 4 N–H and O–H groups in total. The average molecular weight is 748 g/mol. The van der Waals surface area contributed by atoms with Crippen LogP contribution in [0.15, 0.2) is 0 Å². The number of likely N-dealkylation sites (tertiary alicyclic amines) is 1. The third kappa shape index (κ3) is 8.65. The van der Waals surface area contributed by atoms with E-state index >= 15 is 0 Å². The van der Waals surface area contributed by atoms with Gasteiger partial charge in [0.15, 0.2) is 9.84 Å². The van der Waals surface area contributed by atoms with Crippen LogP contribution in [0.25, 0.3) is 0 Å². The van der Waals surface area contributed by atoms with Crippen molar-refractivity contribution in [1.29, 1.82) is 0 Å². The van der Waals surface area contributed by atoms with E-state index in [1.165, 1.54) is 0 Å². The molecule has 4 saturated carbocycles. The minimum absolute atomic E-state index is 0.00797. The molecule has 0 spiro atoms. The highest BCUT2D eigenvalue weighted by molar-refractivity contribution is 7.92. The first-order valence-electron chi connectivity index (χ1n) is 20.0. The summed E-state index contributed by atoms with van der Waals surface area (Å²) in [5.41, 5.74) is -1.71. The van der Waals surface area contributed by atoms with Crippen LogP contribution >= 0.6 is 0 Å². The van der Waals surface area contributed by atoms with Gasteiger partial charge in [-0.1, -0.05) is 79.1 Å². The third-order valence-electron chi connectivity index (χ3n) is 13.2. The number of amides is 5. The van der Waals surface area contributed by atoms with E-state index in [2.05, 4.69) is 35.1 Å². The van der Waals surface area contributed by atoms with Gasteiger partial charge < -0.3 is 26.2 Å². The Kier molecular flexibility index (Phi) is 11.8. The molecule has 4 aliphatic carbocycles. The van der Waals surface area contributed by atoms with E-state index in [4.69, 9.17) is 0 Å². The fourth-order valence-electron chi connectivity index (χ4n) is 9.26. The van der Waals surface area contributed by atoms with Crippen molar-refractivity contribution in [3.63, 3.8) is 0 Å². The highest BCUT2D eigenvalue weighted by Gasteiger charge is 2.70. The van der Waals surface area contributed by atoms with Gasteiger partial charge in [-0.3, -0.25) is 19.2 Å². The number of ketones is 1. The number of hydrogen-bond donors (Lipinski definition) is 4. The molecule has 5 atom stereocenters. The Morgan fingerprint density at radius 3 is 2.02 bits per heavy atom. The molecule has 0 radical (unpaired) electrons. The topological polar surface area (TPSA) is 171 Å². The second-order valence-electron chi connectivity index (χ2n) is 18.7. The first-order valence-corrected chi connectivity index (χ1v) is 21.7. The molecule has 5 rings (SSSR count). The zero-order valence-electron chi connectivity index (χ0n) is 32.7. The summed E-state index contributed by atoms with van der Waals surface area (Å²) in [6.45, 7) is 13.6.